The highest BCUT2D eigenvalue weighted by atomic mass is 16.2. The third kappa shape index (κ3) is 6.76. The molecular weight excluding hydrogens is 268 g/mol. The van der Waals surface area contributed by atoms with E-state index in [4.69, 9.17) is 11.5 Å². The van der Waals surface area contributed by atoms with Gasteiger partial charge in [-0.1, -0.05) is 6.07 Å². The zero-order chi connectivity index (χ0) is 15.8. The molecular formula is C15H24N4O2. The molecule has 6 nitrogen and oxygen atoms in total. The Labute approximate surface area is 125 Å². The summed E-state index contributed by atoms with van der Waals surface area (Å²) < 4.78 is 0. The van der Waals surface area contributed by atoms with Crippen LogP contribution in [0.1, 0.15) is 26.7 Å². The van der Waals surface area contributed by atoms with Gasteiger partial charge in [0.25, 0.3) is 0 Å². The predicted molar refractivity (Wildman–Crippen MR) is 84.6 cm³/mol. The van der Waals surface area contributed by atoms with Crippen LogP contribution in [-0.2, 0) is 9.59 Å². The number of rotatable bonds is 8. The van der Waals surface area contributed by atoms with E-state index in [0.717, 1.165) is 0 Å². The minimum atomic E-state index is -0.354. The maximum absolute atomic E-state index is 11.8. The summed E-state index contributed by atoms with van der Waals surface area (Å²) in [5.74, 6) is -0.420. The number of amides is 2. The zero-order valence-corrected chi connectivity index (χ0v) is 12.6. The number of nitrogens with one attached hydrogen (secondary N) is 1. The van der Waals surface area contributed by atoms with Gasteiger partial charge in [0.2, 0.25) is 11.8 Å². The maximum Gasteiger partial charge on any atom is 0.231 e. The Morgan fingerprint density at radius 3 is 2.62 bits per heavy atom. The fourth-order valence-electron chi connectivity index (χ4n) is 2.00. The highest BCUT2D eigenvalue weighted by Gasteiger charge is 2.12. The lowest BCUT2D eigenvalue weighted by Gasteiger charge is -2.24. The van der Waals surface area contributed by atoms with Gasteiger partial charge in [-0.05, 0) is 45.0 Å². The second-order valence-electron chi connectivity index (χ2n) is 5.31. The SMILES string of the molecule is CC(C)N(CCCC(=O)Nc1cccc(N)c1)CC(N)=O. The Balaban J connectivity index is 2.37. The van der Waals surface area contributed by atoms with E-state index in [1.54, 1.807) is 24.3 Å². The molecule has 0 aliphatic heterocycles. The third-order valence-corrected chi connectivity index (χ3v) is 3.11. The summed E-state index contributed by atoms with van der Waals surface area (Å²) in [6, 6.07) is 7.28. The molecule has 0 heterocycles. The van der Waals surface area contributed by atoms with Crippen LogP contribution in [0, 0.1) is 0 Å². The van der Waals surface area contributed by atoms with Crippen molar-refractivity contribution >= 4 is 23.2 Å². The van der Waals surface area contributed by atoms with Gasteiger partial charge in [0.05, 0.1) is 6.54 Å². The van der Waals surface area contributed by atoms with E-state index in [1.807, 2.05) is 18.7 Å². The summed E-state index contributed by atoms with van der Waals surface area (Å²) in [4.78, 5) is 24.8. The molecule has 1 aromatic carbocycles. The monoisotopic (exact) mass is 292 g/mol. The molecule has 0 radical (unpaired) electrons. The largest absolute Gasteiger partial charge is 0.399 e. The van der Waals surface area contributed by atoms with Crippen LogP contribution in [0.4, 0.5) is 11.4 Å². The second-order valence-corrected chi connectivity index (χ2v) is 5.31. The number of nitrogens with two attached hydrogens (primary N) is 2. The van der Waals surface area contributed by atoms with Gasteiger partial charge < -0.3 is 16.8 Å². The first-order valence-corrected chi connectivity index (χ1v) is 7.06. The lowest BCUT2D eigenvalue weighted by molar-refractivity contribution is -0.119. The molecule has 6 heteroatoms. The lowest BCUT2D eigenvalue weighted by atomic mass is 10.2. The lowest BCUT2D eigenvalue weighted by Crippen LogP contribution is -2.39. The van der Waals surface area contributed by atoms with Crippen LogP contribution in [0.25, 0.3) is 0 Å². The maximum atomic E-state index is 11.8. The number of benzene rings is 1. The van der Waals surface area contributed by atoms with Crippen LogP contribution >= 0.6 is 0 Å². The van der Waals surface area contributed by atoms with E-state index in [1.165, 1.54) is 0 Å². The van der Waals surface area contributed by atoms with E-state index in [0.29, 0.717) is 30.8 Å². The first-order chi connectivity index (χ1) is 9.88. The van der Waals surface area contributed by atoms with E-state index in [9.17, 15) is 9.59 Å². The van der Waals surface area contributed by atoms with Gasteiger partial charge in [-0.2, -0.15) is 0 Å². The van der Waals surface area contributed by atoms with Crippen molar-refractivity contribution in [1.82, 2.24) is 4.90 Å². The van der Waals surface area contributed by atoms with Crippen molar-refractivity contribution in [2.45, 2.75) is 32.7 Å². The van der Waals surface area contributed by atoms with Crippen molar-refractivity contribution in [1.29, 1.82) is 0 Å². The number of carbonyl (C=O) groups is 2. The normalized spacial score (nSPS) is 10.9. The molecule has 0 saturated carbocycles. The first-order valence-electron chi connectivity index (χ1n) is 7.06. The van der Waals surface area contributed by atoms with Gasteiger partial charge in [-0.25, -0.2) is 0 Å². The highest BCUT2D eigenvalue weighted by molar-refractivity contribution is 5.91. The fraction of sp³-hybridized carbons (Fsp3) is 0.467. The van der Waals surface area contributed by atoms with Crippen LogP contribution < -0.4 is 16.8 Å². The van der Waals surface area contributed by atoms with Crippen LogP contribution in [0.15, 0.2) is 24.3 Å². The average Bonchev–Trinajstić information content (AvgIpc) is 2.36. The summed E-state index contributed by atoms with van der Waals surface area (Å²) in [6.07, 6.45) is 1.05. The summed E-state index contributed by atoms with van der Waals surface area (Å²) in [5, 5.41) is 2.80. The van der Waals surface area contributed by atoms with Crippen LogP contribution in [0.3, 0.4) is 0 Å². The first kappa shape index (κ1) is 17.0. The molecule has 0 atom stereocenters. The van der Waals surface area contributed by atoms with Gasteiger partial charge in [-0.3, -0.25) is 14.5 Å². The van der Waals surface area contributed by atoms with E-state index >= 15 is 0 Å². The number of carbonyl (C=O) groups excluding carboxylic acids is 2. The summed E-state index contributed by atoms with van der Waals surface area (Å²) >= 11 is 0. The summed E-state index contributed by atoms with van der Waals surface area (Å²) in [5.41, 5.74) is 12.2. The number of anilines is 2. The number of nitrogens with zero attached hydrogens (tertiary/aromatic N) is 1. The predicted octanol–water partition coefficient (Wildman–Crippen LogP) is 1.18. The Morgan fingerprint density at radius 2 is 2.05 bits per heavy atom. The second kappa shape index (κ2) is 8.26. The Morgan fingerprint density at radius 1 is 1.33 bits per heavy atom. The number of hydrogen-bond acceptors (Lipinski definition) is 4. The van der Waals surface area contributed by atoms with Crippen molar-refractivity contribution in [3.63, 3.8) is 0 Å². The average molecular weight is 292 g/mol. The molecule has 0 aromatic heterocycles. The van der Waals surface area contributed by atoms with Crippen molar-refractivity contribution in [3.05, 3.63) is 24.3 Å². The van der Waals surface area contributed by atoms with Gasteiger partial charge in [0.15, 0.2) is 0 Å². The van der Waals surface area contributed by atoms with E-state index in [2.05, 4.69) is 5.32 Å². The minimum Gasteiger partial charge on any atom is -0.399 e. The molecule has 2 amide bonds. The van der Waals surface area contributed by atoms with Crippen LogP contribution in [-0.4, -0.2) is 35.8 Å². The van der Waals surface area contributed by atoms with Crippen LogP contribution in [0.5, 0.6) is 0 Å². The third-order valence-electron chi connectivity index (χ3n) is 3.11. The highest BCUT2D eigenvalue weighted by Crippen LogP contribution is 2.12. The molecule has 21 heavy (non-hydrogen) atoms. The smallest absolute Gasteiger partial charge is 0.231 e. The number of nitrogen functional groups attached to an aromatic ring is 1. The molecule has 0 unspecified atom stereocenters. The van der Waals surface area contributed by atoms with Gasteiger partial charge in [0.1, 0.15) is 0 Å². The molecule has 0 aliphatic rings. The molecule has 0 bridgehead atoms. The van der Waals surface area contributed by atoms with Gasteiger partial charge >= 0.3 is 0 Å². The minimum absolute atomic E-state index is 0.0663. The van der Waals surface area contributed by atoms with Crippen molar-refractivity contribution in [3.8, 4) is 0 Å². The van der Waals surface area contributed by atoms with E-state index in [-0.39, 0.29) is 24.4 Å². The molecule has 116 valence electrons. The van der Waals surface area contributed by atoms with Gasteiger partial charge in [-0.15, -0.1) is 0 Å². The summed E-state index contributed by atoms with van der Waals surface area (Å²) in [7, 11) is 0. The Bertz CT molecular complexity index is 488. The molecule has 1 rings (SSSR count). The van der Waals surface area contributed by atoms with Crippen molar-refractivity contribution in [2.75, 3.05) is 24.1 Å². The topological polar surface area (TPSA) is 101 Å². The molecule has 0 aliphatic carbocycles. The van der Waals surface area contributed by atoms with Crippen molar-refractivity contribution in [2.24, 2.45) is 5.73 Å². The number of primary amides is 1. The molecule has 0 fully saturated rings. The standard InChI is InChI=1S/C15H24N4O2/c1-11(2)19(10-14(17)20)8-4-7-15(21)18-13-6-3-5-12(16)9-13/h3,5-6,9,11H,4,7-8,10,16H2,1-2H3,(H2,17,20)(H,18,21). The van der Waals surface area contributed by atoms with Crippen molar-refractivity contribution < 1.29 is 9.59 Å². The molecule has 1 aromatic rings. The Kier molecular flexibility index (Phi) is 6.68. The fourth-order valence-corrected chi connectivity index (χ4v) is 2.00. The molecule has 0 spiro atoms. The van der Waals surface area contributed by atoms with E-state index < -0.39 is 0 Å². The number of hydrogen-bond donors (Lipinski definition) is 3. The van der Waals surface area contributed by atoms with Crippen LogP contribution in [0.2, 0.25) is 0 Å². The Hall–Kier alpha value is -2.08. The molecule has 0 saturated heterocycles. The zero-order valence-electron chi connectivity index (χ0n) is 12.6. The molecule has 5 N–H and O–H groups in total. The van der Waals surface area contributed by atoms with Gasteiger partial charge in [0, 0.05) is 23.8 Å². The summed E-state index contributed by atoms with van der Waals surface area (Å²) in [6.45, 7) is 4.87. The quantitative estimate of drug-likeness (QED) is 0.626.